The highest BCUT2D eigenvalue weighted by molar-refractivity contribution is 7.92. The Morgan fingerprint density at radius 1 is 1.04 bits per heavy atom. The van der Waals surface area contributed by atoms with E-state index in [9.17, 15) is 8.42 Å². The fourth-order valence-corrected chi connectivity index (χ4v) is 4.32. The number of para-hydroxylation sites is 1. The van der Waals surface area contributed by atoms with Crippen LogP contribution in [0.4, 0.5) is 11.5 Å². The van der Waals surface area contributed by atoms with E-state index in [1.54, 1.807) is 31.2 Å². The van der Waals surface area contributed by atoms with Crippen molar-refractivity contribution in [3.8, 4) is 0 Å². The second kappa shape index (κ2) is 8.41. The van der Waals surface area contributed by atoms with Gasteiger partial charge in [0.2, 0.25) is 0 Å². The van der Waals surface area contributed by atoms with Crippen molar-refractivity contribution in [3.05, 3.63) is 83.5 Å². The van der Waals surface area contributed by atoms with Crippen molar-refractivity contribution in [1.29, 1.82) is 0 Å². The first-order valence-corrected chi connectivity index (χ1v) is 10.3. The highest BCUT2D eigenvalue weighted by Crippen LogP contribution is 2.23. The number of sulfonamides is 1. The lowest BCUT2D eigenvalue weighted by atomic mass is 10.2. The van der Waals surface area contributed by atoms with E-state index in [1.165, 1.54) is 10.5 Å². The highest BCUT2D eigenvalue weighted by Gasteiger charge is 2.23. The van der Waals surface area contributed by atoms with Crippen LogP contribution in [-0.4, -0.2) is 19.9 Å². The zero-order chi connectivity index (χ0) is 19.3. The molecular formula is C20H20ClN3O2S. The van der Waals surface area contributed by atoms with Gasteiger partial charge in [0.15, 0.2) is 0 Å². The molecular weight excluding hydrogens is 382 g/mol. The Bertz CT molecular complexity index is 993. The van der Waals surface area contributed by atoms with Crippen molar-refractivity contribution in [3.63, 3.8) is 0 Å². The van der Waals surface area contributed by atoms with Gasteiger partial charge in [0, 0.05) is 24.3 Å². The van der Waals surface area contributed by atoms with E-state index in [0.717, 1.165) is 5.56 Å². The lowest BCUT2D eigenvalue weighted by Crippen LogP contribution is -2.30. The topological polar surface area (TPSA) is 62.3 Å². The summed E-state index contributed by atoms with van der Waals surface area (Å²) in [7, 11) is -3.67. The number of hydrogen-bond donors (Lipinski definition) is 1. The summed E-state index contributed by atoms with van der Waals surface area (Å²) in [5.41, 5.74) is 1.64. The van der Waals surface area contributed by atoms with Crippen LogP contribution in [0, 0.1) is 0 Å². The molecule has 3 aromatic rings. The lowest BCUT2D eigenvalue weighted by molar-refractivity contribution is 0.591. The molecule has 0 amide bonds. The number of halogens is 1. The van der Waals surface area contributed by atoms with Gasteiger partial charge in [-0.15, -0.1) is 0 Å². The fraction of sp³-hybridized carbons (Fsp3) is 0.150. The standard InChI is InChI=1S/C20H20ClN3O2S/c1-2-24(18-9-4-3-5-10-18)27(25,26)19-11-12-20(23-15-19)22-14-16-7-6-8-17(21)13-16/h3-13,15H,2,14H2,1H3,(H,22,23). The molecule has 1 N–H and O–H groups in total. The minimum atomic E-state index is -3.67. The first-order chi connectivity index (χ1) is 13.0. The molecule has 7 heteroatoms. The molecule has 0 spiro atoms. The fourth-order valence-electron chi connectivity index (χ4n) is 2.69. The van der Waals surface area contributed by atoms with Crippen molar-refractivity contribution >= 4 is 33.1 Å². The predicted molar refractivity (Wildman–Crippen MR) is 110 cm³/mol. The van der Waals surface area contributed by atoms with Crippen LogP contribution in [0.25, 0.3) is 0 Å². The number of aromatic nitrogens is 1. The van der Waals surface area contributed by atoms with Gasteiger partial charge in [-0.2, -0.15) is 0 Å². The normalized spacial score (nSPS) is 11.2. The van der Waals surface area contributed by atoms with Gasteiger partial charge in [0.05, 0.1) is 5.69 Å². The van der Waals surface area contributed by atoms with Crippen molar-refractivity contribution < 1.29 is 8.42 Å². The molecule has 0 unspecified atom stereocenters. The van der Waals surface area contributed by atoms with Gasteiger partial charge in [0.1, 0.15) is 10.7 Å². The van der Waals surface area contributed by atoms with Gasteiger partial charge < -0.3 is 5.32 Å². The molecule has 0 atom stereocenters. The minimum absolute atomic E-state index is 0.154. The molecule has 5 nitrogen and oxygen atoms in total. The zero-order valence-electron chi connectivity index (χ0n) is 14.8. The quantitative estimate of drug-likeness (QED) is 0.630. The van der Waals surface area contributed by atoms with Gasteiger partial charge in [-0.25, -0.2) is 13.4 Å². The van der Waals surface area contributed by atoms with Gasteiger partial charge in [0.25, 0.3) is 10.0 Å². The molecule has 0 bridgehead atoms. The summed E-state index contributed by atoms with van der Waals surface area (Å²) in [4.78, 5) is 4.40. The molecule has 0 aliphatic heterocycles. The molecule has 1 heterocycles. The number of nitrogens with one attached hydrogen (secondary N) is 1. The second-order valence-electron chi connectivity index (χ2n) is 5.87. The predicted octanol–water partition coefficient (Wildman–Crippen LogP) is 4.56. The Morgan fingerprint density at radius 2 is 1.81 bits per heavy atom. The Labute approximate surface area is 164 Å². The number of anilines is 2. The summed E-state index contributed by atoms with van der Waals surface area (Å²) in [6.07, 6.45) is 1.38. The SMILES string of the molecule is CCN(c1ccccc1)S(=O)(=O)c1ccc(NCc2cccc(Cl)c2)nc1. The van der Waals surface area contributed by atoms with Crippen molar-refractivity contribution in [2.75, 3.05) is 16.2 Å². The summed E-state index contributed by atoms with van der Waals surface area (Å²) in [6.45, 7) is 2.69. The molecule has 140 valence electrons. The average Bonchev–Trinajstić information content (AvgIpc) is 2.68. The number of benzene rings is 2. The van der Waals surface area contributed by atoms with E-state index in [-0.39, 0.29) is 4.90 Å². The monoisotopic (exact) mass is 401 g/mol. The molecule has 1 aromatic heterocycles. The first kappa shape index (κ1) is 19.2. The zero-order valence-corrected chi connectivity index (χ0v) is 16.4. The van der Waals surface area contributed by atoms with Crippen molar-refractivity contribution in [1.82, 2.24) is 4.98 Å². The molecule has 2 aromatic carbocycles. The lowest BCUT2D eigenvalue weighted by Gasteiger charge is -2.22. The van der Waals surface area contributed by atoms with E-state index in [0.29, 0.717) is 29.6 Å². The van der Waals surface area contributed by atoms with E-state index in [2.05, 4.69) is 10.3 Å². The molecule has 0 aliphatic rings. The third-order valence-electron chi connectivity index (χ3n) is 4.02. The maximum absolute atomic E-state index is 12.9. The Kier molecular flexibility index (Phi) is 5.98. The number of rotatable bonds is 7. The van der Waals surface area contributed by atoms with Crippen LogP contribution in [0.5, 0.6) is 0 Å². The Balaban J connectivity index is 1.75. The van der Waals surface area contributed by atoms with Crippen LogP contribution < -0.4 is 9.62 Å². The smallest absolute Gasteiger partial charge is 0.265 e. The Hall–Kier alpha value is -2.57. The van der Waals surface area contributed by atoms with Gasteiger partial charge >= 0.3 is 0 Å². The van der Waals surface area contributed by atoms with Crippen LogP contribution >= 0.6 is 11.6 Å². The summed E-state index contributed by atoms with van der Waals surface area (Å²) in [5.74, 6) is 0.594. The summed E-state index contributed by atoms with van der Waals surface area (Å²) in [5, 5.41) is 3.83. The first-order valence-electron chi connectivity index (χ1n) is 8.53. The van der Waals surface area contributed by atoms with Crippen LogP contribution in [-0.2, 0) is 16.6 Å². The summed E-state index contributed by atoms with van der Waals surface area (Å²) < 4.78 is 27.2. The molecule has 0 saturated heterocycles. The van der Waals surface area contributed by atoms with Gasteiger partial charge in [-0.05, 0) is 48.9 Å². The van der Waals surface area contributed by atoms with Crippen LogP contribution in [0.15, 0.2) is 77.8 Å². The molecule has 0 aliphatic carbocycles. The van der Waals surface area contributed by atoms with Crippen LogP contribution in [0.3, 0.4) is 0 Å². The average molecular weight is 402 g/mol. The largest absolute Gasteiger partial charge is 0.366 e. The summed E-state index contributed by atoms with van der Waals surface area (Å²) >= 11 is 5.98. The van der Waals surface area contributed by atoms with Crippen LogP contribution in [0.1, 0.15) is 12.5 Å². The van der Waals surface area contributed by atoms with Crippen LogP contribution in [0.2, 0.25) is 5.02 Å². The molecule has 27 heavy (non-hydrogen) atoms. The maximum atomic E-state index is 12.9. The van der Waals surface area contributed by atoms with Gasteiger partial charge in [-0.3, -0.25) is 4.31 Å². The van der Waals surface area contributed by atoms with E-state index in [1.807, 2.05) is 42.5 Å². The van der Waals surface area contributed by atoms with E-state index in [4.69, 9.17) is 11.6 Å². The number of nitrogens with zero attached hydrogens (tertiary/aromatic N) is 2. The summed E-state index contributed by atoms with van der Waals surface area (Å²) in [6, 6.07) is 19.8. The minimum Gasteiger partial charge on any atom is -0.366 e. The molecule has 3 rings (SSSR count). The highest BCUT2D eigenvalue weighted by atomic mass is 35.5. The molecule has 0 fully saturated rings. The van der Waals surface area contributed by atoms with E-state index < -0.39 is 10.0 Å². The van der Waals surface area contributed by atoms with Crippen molar-refractivity contribution in [2.45, 2.75) is 18.4 Å². The second-order valence-corrected chi connectivity index (χ2v) is 8.17. The third kappa shape index (κ3) is 4.59. The molecule has 0 saturated carbocycles. The Morgan fingerprint density at radius 3 is 2.44 bits per heavy atom. The maximum Gasteiger partial charge on any atom is 0.265 e. The number of pyridine rings is 1. The van der Waals surface area contributed by atoms with E-state index >= 15 is 0 Å². The van der Waals surface area contributed by atoms with Crippen molar-refractivity contribution in [2.24, 2.45) is 0 Å². The number of hydrogen-bond acceptors (Lipinski definition) is 4. The third-order valence-corrected chi connectivity index (χ3v) is 6.14. The molecule has 0 radical (unpaired) electrons. The van der Waals surface area contributed by atoms with Gasteiger partial charge in [-0.1, -0.05) is 41.9 Å².